The molecule has 214 valence electrons. The number of fused-ring (bicyclic) bond motifs is 6. The quantitative estimate of drug-likeness (QED) is 0.287. The Hall–Kier alpha value is -5.17. The van der Waals surface area contributed by atoms with Gasteiger partial charge in [0.1, 0.15) is 11.5 Å². The fourth-order valence-electron chi connectivity index (χ4n) is 7.23. The lowest BCUT2D eigenvalue weighted by Crippen LogP contribution is -2.49. The molecule has 0 aromatic heterocycles. The molecule has 0 unspecified atom stereocenters. The molecule has 7 heteroatoms. The van der Waals surface area contributed by atoms with E-state index in [4.69, 9.17) is 9.47 Å². The maximum atomic E-state index is 14.9. The molecule has 4 atom stereocenters. The fourth-order valence-corrected chi connectivity index (χ4v) is 7.23. The van der Waals surface area contributed by atoms with Gasteiger partial charge in [-0.05, 0) is 54.0 Å². The Bertz CT molecular complexity index is 1830. The molecule has 4 aromatic carbocycles. The predicted octanol–water partition coefficient (Wildman–Crippen LogP) is 5.99. The van der Waals surface area contributed by atoms with Gasteiger partial charge >= 0.3 is 0 Å². The largest absolute Gasteiger partial charge is 0.493 e. The Morgan fingerprint density at radius 2 is 1.51 bits per heavy atom. The van der Waals surface area contributed by atoms with Crippen molar-refractivity contribution in [3.05, 3.63) is 131 Å². The van der Waals surface area contributed by atoms with Crippen molar-refractivity contribution in [3.63, 3.8) is 0 Å². The van der Waals surface area contributed by atoms with Crippen molar-refractivity contribution in [2.24, 2.45) is 5.92 Å². The number of anilines is 1. The second kappa shape index (κ2) is 9.98. The van der Waals surface area contributed by atoms with Gasteiger partial charge in [0.05, 0.1) is 26.2 Å². The number of carbonyl (C=O) groups is 3. The first-order valence-corrected chi connectivity index (χ1v) is 14.2. The third-order valence-electron chi connectivity index (χ3n) is 9.13. The molecule has 7 nitrogen and oxygen atoms in total. The van der Waals surface area contributed by atoms with E-state index in [0.717, 1.165) is 16.7 Å². The van der Waals surface area contributed by atoms with Crippen molar-refractivity contribution in [2.45, 2.75) is 24.4 Å². The average Bonchev–Trinajstić information content (AvgIpc) is 3.52. The normalized spacial score (nSPS) is 22.9. The van der Waals surface area contributed by atoms with Crippen LogP contribution in [0, 0.1) is 12.8 Å². The second-order valence-electron chi connectivity index (χ2n) is 11.2. The molecule has 4 aromatic rings. The molecule has 3 aliphatic heterocycles. The maximum Gasteiger partial charge on any atom is 0.238 e. The van der Waals surface area contributed by atoms with Crippen LogP contribution in [0.15, 0.2) is 97.2 Å². The van der Waals surface area contributed by atoms with Crippen LogP contribution in [0.1, 0.15) is 49.0 Å². The SMILES string of the molecule is COc1ccc(C(=O)[C@@H]2[C@H](C(=O)c3ccc(C)cc3)[C@@]3(C(=O)Nc4ccccc43)[C@H]3c4ccccc4C=CN23)cc1OC. The number of hydrogen-bond acceptors (Lipinski definition) is 6. The lowest BCUT2D eigenvalue weighted by Gasteiger charge is -2.38. The van der Waals surface area contributed by atoms with Crippen molar-refractivity contribution < 1.29 is 23.9 Å². The number of amides is 1. The highest BCUT2D eigenvalue weighted by molar-refractivity contribution is 6.16. The van der Waals surface area contributed by atoms with Gasteiger partial charge in [-0.25, -0.2) is 0 Å². The van der Waals surface area contributed by atoms with Gasteiger partial charge in [0.2, 0.25) is 5.91 Å². The van der Waals surface area contributed by atoms with E-state index in [9.17, 15) is 14.4 Å². The Morgan fingerprint density at radius 3 is 2.28 bits per heavy atom. The smallest absolute Gasteiger partial charge is 0.238 e. The highest BCUT2D eigenvalue weighted by Crippen LogP contribution is 2.62. The molecule has 7 rings (SSSR count). The van der Waals surface area contributed by atoms with E-state index in [1.165, 1.54) is 14.2 Å². The summed E-state index contributed by atoms with van der Waals surface area (Å²) in [7, 11) is 3.05. The van der Waals surface area contributed by atoms with Crippen molar-refractivity contribution in [3.8, 4) is 11.5 Å². The number of aryl methyl sites for hydroxylation is 1. The van der Waals surface area contributed by atoms with Crippen LogP contribution in [0.25, 0.3) is 6.08 Å². The highest BCUT2D eigenvalue weighted by atomic mass is 16.5. The highest BCUT2D eigenvalue weighted by Gasteiger charge is 2.70. The molecule has 43 heavy (non-hydrogen) atoms. The number of carbonyl (C=O) groups excluding carboxylic acids is 3. The van der Waals surface area contributed by atoms with E-state index in [1.54, 1.807) is 30.3 Å². The van der Waals surface area contributed by atoms with Crippen LogP contribution in [0.4, 0.5) is 5.69 Å². The fraction of sp³-hybridized carbons (Fsp3) is 0.194. The van der Waals surface area contributed by atoms with Crippen molar-refractivity contribution >= 4 is 29.2 Å². The standard InChI is InChI=1S/C36H30N2O5/c1-21-12-14-23(15-13-21)32(39)30-31(33(40)24-16-17-28(42-2)29(20-24)43-3)38-19-18-22-8-4-5-9-25(22)34(38)36(30)26-10-6-7-11-27(26)37-35(36)41/h4-20,30-31,34H,1-3H3,(H,37,41)/t30-,31+,34-,36-/m1/s1. The zero-order valence-corrected chi connectivity index (χ0v) is 24.0. The molecule has 0 radical (unpaired) electrons. The molecule has 0 aliphatic carbocycles. The minimum atomic E-state index is -1.38. The van der Waals surface area contributed by atoms with Gasteiger partial charge in [-0.3, -0.25) is 14.4 Å². The minimum Gasteiger partial charge on any atom is -0.493 e. The van der Waals surface area contributed by atoms with Crippen molar-refractivity contribution in [1.29, 1.82) is 0 Å². The topological polar surface area (TPSA) is 84.9 Å². The molecular weight excluding hydrogens is 540 g/mol. The summed E-state index contributed by atoms with van der Waals surface area (Å²) >= 11 is 0. The molecule has 3 heterocycles. The Morgan fingerprint density at radius 1 is 0.814 bits per heavy atom. The maximum absolute atomic E-state index is 14.9. The molecule has 1 fully saturated rings. The number of rotatable bonds is 6. The third-order valence-corrected chi connectivity index (χ3v) is 9.13. The number of benzene rings is 4. The van der Waals surface area contributed by atoms with Crippen LogP contribution < -0.4 is 14.8 Å². The Balaban J connectivity index is 1.51. The molecule has 1 spiro atoms. The minimum absolute atomic E-state index is 0.258. The average molecular weight is 571 g/mol. The van der Waals surface area contributed by atoms with Crippen LogP contribution in [0.5, 0.6) is 11.5 Å². The summed E-state index contributed by atoms with van der Waals surface area (Å²) in [5.41, 5.74) is 3.65. The van der Waals surface area contributed by atoms with Gasteiger partial charge in [-0.1, -0.05) is 72.3 Å². The van der Waals surface area contributed by atoms with Crippen LogP contribution in [-0.2, 0) is 10.2 Å². The molecule has 0 saturated carbocycles. The van der Waals surface area contributed by atoms with Gasteiger partial charge in [-0.15, -0.1) is 0 Å². The van der Waals surface area contributed by atoms with E-state index in [1.807, 2.05) is 84.8 Å². The van der Waals surface area contributed by atoms with Gasteiger partial charge in [0.15, 0.2) is 23.1 Å². The number of nitrogens with zero attached hydrogens (tertiary/aromatic N) is 1. The molecule has 3 aliphatic rings. The summed E-state index contributed by atoms with van der Waals surface area (Å²) < 4.78 is 10.9. The van der Waals surface area contributed by atoms with Crippen LogP contribution in [0.2, 0.25) is 0 Å². The van der Waals surface area contributed by atoms with E-state index in [0.29, 0.717) is 33.9 Å². The summed E-state index contributed by atoms with van der Waals surface area (Å²) in [5.74, 6) is -0.979. The van der Waals surface area contributed by atoms with Gasteiger partial charge in [-0.2, -0.15) is 0 Å². The van der Waals surface area contributed by atoms with Crippen molar-refractivity contribution in [1.82, 2.24) is 4.90 Å². The summed E-state index contributed by atoms with van der Waals surface area (Å²) in [5, 5.41) is 3.08. The molecule has 1 saturated heterocycles. The van der Waals surface area contributed by atoms with Gasteiger partial charge in [0.25, 0.3) is 0 Å². The summed E-state index contributed by atoms with van der Waals surface area (Å²) in [6.45, 7) is 1.96. The monoisotopic (exact) mass is 570 g/mol. The first-order chi connectivity index (χ1) is 20.9. The number of Topliss-reactive ketones (excluding diaryl/α,β-unsaturated/α-hetero) is 2. The Kier molecular flexibility index (Phi) is 6.20. The van der Waals surface area contributed by atoms with Crippen molar-refractivity contribution in [2.75, 3.05) is 19.5 Å². The number of ketones is 2. The summed E-state index contributed by atoms with van der Waals surface area (Å²) in [6, 6.07) is 26.1. The zero-order chi connectivity index (χ0) is 29.9. The first kappa shape index (κ1) is 26.7. The number of para-hydroxylation sites is 1. The van der Waals surface area contributed by atoms with Gasteiger partial charge < -0.3 is 19.7 Å². The van der Waals surface area contributed by atoms with E-state index in [2.05, 4.69) is 5.32 Å². The molecular formula is C36H30N2O5. The number of hydrogen-bond donors (Lipinski definition) is 1. The number of ether oxygens (including phenoxy) is 2. The van der Waals surface area contributed by atoms with Gasteiger partial charge in [0, 0.05) is 23.0 Å². The molecule has 1 N–H and O–H groups in total. The van der Waals surface area contributed by atoms with Crippen LogP contribution in [0.3, 0.4) is 0 Å². The summed E-state index contributed by atoms with van der Waals surface area (Å²) in [4.78, 5) is 46.1. The Labute approximate surface area is 249 Å². The third kappa shape index (κ3) is 3.77. The second-order valence-corrected chi connectivity index (χ2v) is 11.2. The van der Waals surface area contributed by atoms with E-state index >= 15 is 0 Å². The molecule has 1 amide bonds. The number of methoxy groups -OCH3 is 2. The van der Waals surface area contributed by atoms with Crippen LogP contribution in [-0.4, -0.2) is 42.6 Å². The van der Waals surface area contributed by atoms with E-state index in [-0.39, 0.29) is 17.5 Å². The van der Waals surface area contributed by atoms with E-state index < -0.39 is 23.4 Å². The lowest BCUT2D eigenvalue weighted by atomic mass is 9.62. The predicted molar refractivity (Wildman–Crippen MR) is 163 cm³/mol. The molecule has 0 bridgehead atoms. The lowest BCUT2D eigenvalue weighted by molar-refractivity contribution is -0.122. The summed E-state index contributed by atoms with van der Waals surface area (Å²) in [6.07, 6.45) is 3.82. The zero-order valence-electron chi connectivity index (χ0n) is 24.0. The van der Waals surface area contributed by atoms with Crippen LogP contribution >= 0.6 is 0 Å². The number of nitrogens with one attached hydrogen (secondary N) is 1. The first-order valence-electron chi connectivity index (χ1n) is 14.2.